The van der Waals surface area contributed by atoms with Crippen molar-refractivity contribution in [1.29, 1.82) is 0 Å². The van der Waals surface area contributed by atoms with Gasteiger partial charge in [-0.25, -0.2) is 9.78 Å². The maximum absolute atomic E-state index is 12.2. The first-order valence-corrected chi connectivity index (χ1v) is 9.38. The Morgan fingerprint density at radius 1 is 1.21 bits per heavy atom. The molecule has 2 N–H and O–H groups in total. The summed E-state index contributed by atoms with van der Waals surface area (Å²) in [6, 6.07) is 13.6. The minimum atomic E-state index is -0.899. The van der Waals surface area contributed by atoms with Crippen molar-refractivity contribution in [2.75, 3.05) is 6.61 Å². The van der Waals surface area contributed by atoms with Crippen LogP contribution in [-0.2, 0) is 13.6 Å². The van der Waals surface area contributed by atoms with Crippen LogP contribution in [0.1, 0.15) is 0 Å². The summed E-state index contributed by atoms with van der Waals surface area (Å²) in [4.78, 5) is 30.4. The van der Waals surface area contributed by atoms with Gasteiger partial charge in [-0.15, -0.1) is 0 Å². The van der Waals surface area contributed by atoms with Crippen LogP contribution in [0.5, 0.6) is 5.75 Å². The van der Waals surface area contributed by atoms with Gasteiger partial charge in [-0.05, 0) is 27.4 Å². The Bertz CT molecular complexity index is 1290. The quantitative estimate of drug-likeness (QED) is 0.456. The van der Waals surface area contributed by atoms with Gasteiger partial charge in [-0.3, -0.25) is 14.3 Å². The molecule has 0 aliphatic heterocycles. The standard InChI is InChI=1S/C19H17BrN4O4/c1-23-16-15(17(26)22-19(23)27)24(18(20)21-16)9-12(25)10-28-14-8-4-6-11-5-2-3-7-13(11)14/h2-8,12,25H,9-10H2,1H3,(H,22,26,27)/t12-/m1/s1. The molecule has 2 heterocycles. The zero-order valence-corrected chi connectivity index (χ0v) is 16.5. The van der Waals surface area contributed by atoms with Crippen LogP contribution in [-0.4, -0.2) is 36.9 Å². The van der Waals surface area contributed by atoms with E-state index in [2.05, 4.69) is 25.9 Å². The van der Waals surface area contributed by atoms with E-state index in [0.29, 0.717) is 10.5 Å². The number of aryl methyl sites for hydroxylation is 1. The molecule has 0 amide bonds. The number of nitrogens with one attached hydrogen (secondary N) is 1. The smallest absolute Gasteiger partial charge is 0.329 e. The summed E-state index contributed by atoms with van der Waals surface area (Å²) >= 11 is 3.29. The Balaban J connectivity index is 1.58. The summed E-state index contributed by atoms with van der Waals surface area (Å²) in [7, 11) is 1.52. The van der Waals surface area contributed by atoms with Crippen LogP contribution in [0, 0.1) is 0 Å². The molecule has 8 nitrogen and oxygen atoms in total. The lowest BCUT2D eigenvalue weighted by atomic mass is 10.1. The van der Waals surface area contributed by atoms with Crippen molar-refractivity contribution in [3.63, 3.8) is 0 Å². The molecule has 0 saturated heterocycles. The summed E-state index contributed by atoms with van der Waals surface area (Å²) in [5, 5.41) is 12.5. The number of aromatic nitrogens is 4. The van der Waals surface area contributed by atoms with Crippen molar-refractivity contribution >= 4 is 37.9 Å². The second-order valence-electron chi connectivity index (χ2n) is 6.42. The fourth-order valence-corrected chi connectivity index (χ4v) is 3.64. The molecule has 0 aliphatic rings. The van der Waals surface area contributed by atoms with E-state index in [1.54, 1.807) is 0 Å². The molecule has 4 rings (SSSR count). The van der Waals surface area contributed by atoms with Gasteiger partial charge in [-0.1, -0.05) is 36.4 Å². The van der Waals surface area contributed by atoms with Crippen molar-refractivity contribution in [3.8, 4) is 5.75 Å². The molecule has 0 spiro atoms. The van der Waals surface area contributed by atoms with Crippen LogP contribution >= 0.6 is 15.9 Å². The van der Waals surface area contributed by atoms with E-state index in [4.69, 9.17) is 4.74 Å². The first-order valence-electron chi connectivity index (χ1n) is 8.59. The number of aliphatic hydroxyl groups excluding tert-OH is 1. The third-order valence-electron chi connectivity index (χ3n) is 4.53. The number of fused-ring (bicyclic) bond motifs is 2. The number of imidazole rings is 1. The van der Waals surface area contributed by atoms with E-state index >= 15 is 0 Å². The number of hydrogen-bond donors (Lipinski definition) is 2. The van der Waals surface area contributed by atoms with E-state index in [-0.39, 0.29) is 24.3 Å². The fraction of sp³-hybridized carbons (Fsp3) is 0.211. The van der Waals surface area contributed by atoms with Crippen LogP contribution < -0.4 is 16.0 Å². The van der Waals surface area contributed by atoms with Crippen LogP contribution in [0.2, 0.25) is 0 Å². The van der Waals surface area contributed by atoms with E-state index in [0.717, 1.165) is 10.8 Å². The molecular formula is C19H17BrN4O4. The normalized spacial score (nSPS) is 12.5. The van der Waals surface area contributed by atoms with Crippen molar-refractivity contribution in [1.82, 2.24) is 19.1 Å². The molecule has 9 heteroatoms. The van der Waals surface area contributed by atoms with Gasteiger partial charge in [0.2, 0.25) is 0 Å². The number of nitrogens with zero attached hydrogens (tertiary/aromatic N) is 3. The third-order valence-corrected chi connectivity index (χ3v) is 5.14. The largest absolute Gasteiger partial charge is 0.490 e. The summed E-state index contributed by atoms with van der Waals surface area (Å²) < 4.78 is 8.93. The van der Waals surface area contributed by atoms with Crippen molar-refractivity contribution < 1.29 is 9.84 Å². The topological polar surface area (TPSA) is 102 Å². The Morgan fingerprint density at radius 2 is 1.96 bits per heavy atom. The van der Waals surface area contributed by atoms with E-state index < -0.39 is 17.4 Å². The minimum Gasteiger partial charge on any atom is -0.490 e. The maximum atomic E-state index is 12.2. The molecule has 0 aliphatic carbocycles. The molecule has 2 aromatic carbocycles. The number of benzene rings is 2. The number of halogens is 1. The molecule has 0 saturated carbocycles. The Morgan fingerprint density at radius 3 is 2.79 bits per heavy atom. The highest BCUT2D eigenvalue weighted by atomic mass is 79.9. The average molecular weight is 445 g/mol. The molecule has 144 valence electrons. The predicted octanol–water partition coefficient (Wildman–Crippen LogP) is 1.78. The lowest BCUT2D eigenvalue weighted by Gasteiger charge is -2.15. The van der Waals surface area contributed by atoms with Gasteiger partial charge in [0.25, 0.3) is 5.56 Å². The van der Waals surface area contributed by atoms with Gasteiger partial charge in [0.1, 0.15) is 18.5 Å². The fourth-order valence-electron chi connectivity index (χ4n) is 3.15. The first kappa shape index (κ1) is 18.5. The summed E-state index contributed by atoms with van der Waals surface area (Å²) in [5.41, 5.74) is -0.658. The zero-order valence-electron chi connectivity index (χ0n) is 14.9. The van der Waals surface area contributed by atoms with E-state index in [1.807, 2.05) is 42.5 Å². The minimum absolute atomic E-state index is 0.0315. The average Bonchev–Trinajstić information content (AvgIpc) is 3.01. The van der Waals surface area contributed by atoms with Gasteiger partial charge in [0, 0.05) is 12.4 Å². The molecular weight excluding hydrogens is 428 g/mol. The van der Waals surface area contributed by atoms with Crippen LogP contribution in [0.15, 0.2) is 56.8 Å². The van der Waals surface area contributed by atoms with Crippen LogP contribution in [0.4, 0.5) is 0 Å². The lowest BCUT2D eigenvalue weighted by molar-refractivity contribution is 0.0936. The van der Waals surface area contributed by atoms with E-state index in [1.165, 1.54) is 16.2 Å². The summed E-state index contributed by atoms with van der Waals surface area (Å²) in [5.74, 6) is 0.673. The Kier molecular flexibility index (Phi) is 4.78. The van der Waals surface area contributed by atoms with Gasteiger partial charge < -0.3 is 14.4 Å². The van der Waals surface area contributed by atoms with Gasteiger partial charge in [-0.2, -0.15) is 0 Å². The molecule has 0 unspecified atom stereocenters. The summed E-state index contributed by atoms with van der Waals surface area (Å²) in [6.45, 7) is 0.104. The highest BCUT2D eigenvalue weighted by Crippen LogP contribution is 2.25. The van der Waals surface area contributed by atoms with Gasteiger partial charge >= 0.3 is 5.69 Å². The first-order chi connectivity index (χ1) is 13.5. The molecule has 4 aromatic rings. The Hall–Kier alpha value is -2.91. The number of H-pyrrole nitrogens is 1. The number of hydrogen-bond acceptors (Lipinski definition) is 5. The highest BCUT2D eigenvalue weighted by Gasteiger charge is 2.18. The number of ether oxygens (including phenoxy) is 1. The molecule has 0 bridgehead atoms. The van der Waals surface area contributed by atoms with Crippen LogP contribution in [0.25, 0.3) is 21.9 Å². The SMILES string of the molecule is Cn1c(=O)[nH]c(=O)c2c1nc(Br)n2C[C@@H](O)COc1cccc2ccccc12. The monoisotopic (exact) mass is 444 g/mol. The number of aromatic amines is 1. The van der Waals surface area contributed by atoms with Gasteiger partial charge in [0.05, 0.1) is 6.54 Å². The van der Waals surface area contributed by atoms with Crippen molar-refractivity contribution in [2.24, 2.45) is 7.05 Å². The molecule has 1 atom stereocenters. The zero-order chi connectivity index (χ0) is 19.8. The second-order valence-corrected chi connectivity index (χ2v) is 7.13. The molecule has 28 heavy (non-hydrogen) atoms. The molecule has 2 aromatic heterocycles. The van der Waals surface area contributed by atoms with E-state index in [9.17, 15) is 14.7 Å². The summed E-state index contributed by atoms with van der Waals surface area (Å²) in [6.07, 6.45) is -0.899. The molecule has 0 radical (unpaired) electrons. The van der Waals surface area contributed by atoms with Gasteiger partial charge in [0.15, 0.2) is 15.9 Å². The highest BCUT2D eigenvalue weighted by molar-refractivity contribution is 9.10. The van der Waals surface area contributed by atoms with Crippen LogP contribution in [0.3, 0.4) is 0 Å². The number of rotatable bonds is 5. The Labute approximate surface area is 167 Å². The van der Waals surface area contributed by atoms with Crippen molar-refractivity contribution in [3.05, 3.63) is 68.0 Å². The number of aliphatic hydroxyl groups is 1. The predicted molar refractivity (Wildman–Crippen MR) is 109 cm³/mol. The third kappa shape index (κ3) is 3.23. The second kappa shape index (κ2) is 7.25. The maximum Gasteiger partial charge on any atom is 0.329 e. The lowest BCUT2D eigenvalue weighted by Crippen LogP contribution is -2.30. The van der Waals surface area contributed by atoms with Crippen molar-refractivity contribution in [2.45, 2.75) is 12.6 Å². The molecule has 0 fully saturated rings.